The molecule has 0 fully saturated rings. The summed E-state index contributed by atoms with van der Waals surface area (Å²) in [6.07, 6.45) is 0. The van der Waals surface area contributed by atoms with Crippen molar-refractivity contribution in [1.82, 2.24) is 10.6 Å². The second-order valence-corrected chi connectivity index (χ2v) is 4.12. The van der Waals surface area contributed by atoms with Crippen LogP contribution in [0.3, 0.4) is 0 Å². The highest BCUT2D eigenvalue weighted by atomic mass is 16.5. The van der Waals surface area contributed by atoms with E-state index in [2.05, 4.69) is 20.9 Å². The molecular weight excluding hydrogens is 304 g/mol. The zero-order valence-corrected chi connectivity index (χ0v) is 14.1. The van der Waals surface area contributed by atoms with Crippen LogP contribution in [0.15, 0.2) is 11.1 Å². The highest BCUT2D eigenvalue weighted by Crippen LogP contribution is 2.48. The van der Waals surface area contributed by atoms with Gasteiger partial charge in [-0.3, -0.25) is 10.3 Å². The van der Waals surface area contributed by atoms with Crippen molar-refractivity contribution in [1.29, 1.82) is 0 Å². The van der Waals surface area contributed by atoms with E-state index in [-0.39, 0.29) is 5.69 Å². The average molecular weight is 326 g/mol. The van der Waals surface area contributed by atoms with E-state index in [1.165, 1.54) is 28.4 Å². The minimum atomic E-state index is -0.535. The summed E-state index contributed by atoms with van der Waals surface area (Å²) in [6.45, 7) is 0. The van der Waals surface area contributed by atoms with E-state index in [9.17, 15) is 4.79 Å². The summed E-state index contributed by atoms with van der Waals surface area (Å²) in [5.74, 6) is 1.69. The van der Waals surface area contributed by atoms with E-state index in [1.807, 2.05) is 0 Å². The molecule has 0 spiro atoms. The van der Waals surface area contributed by atoms with Gasteiger partial charge in [-0.2, -0.15) is 0 Å². The van der Waals surface area contributed by atoms with Crippen LogP contribution in [0, 0.1) is 0 Å². The van der Waals surface area contributed by atoms with Crippen LogP contribution in [-0.2, 0) is 0 Å². The number of guanidine groups is 1. The summed E-state index contributed by atoms with van der Waals surface area (Å²) in [6, 6.07) is 1.07. The molecule has 3 N–H and O–H groups in total. The number of rotatable bonds is 5. The summed E-state index contributed by atoms with van der Waals surface area (Å²) >= 11 is 0. The van der Waals surface area contributed by atoms with Gasteiger partial charge in [-0.25, -0.2) is 4.79 Å². The maximum Gasteiger partial charge on any atom is 0.326 e. The molecule has 128 valence electrons. The number of anilines is 1. The predicted octanol–water partition coefficient (Wildman–Crippen LogP) is 1.05. The number of amides is 2. The quantitative estimate of drug-likeness (QED) is 0.552. The van der Waals surface area contributed by atoms with E-state index in [0.717, 1.165) is 0 Å². The Balaban J connectivity index is 3.28. The molecule has 0 unspecified atom stereocenters. The average Bonchev–Trinajstić information content (AvgIpc) is 2.58. The number of hydrogen-bond acceptors (Lipinski definition) is 6. The number of nitrogens with one attached hydrogen (secondary N) is 3. The molecule has 0 aliphatic rings. The Labute approximate surface area is 135 Å². The van der Waals surface area contributed by atoms with Gasteiger partial charge in [-0.15, -0.1) is 0 Å². The van der Waals surface area contributed by atoms with Gasteiger partial charge in [0.25, 0.3) is 0 Å². The third-order valence-corrected chi connectivity index (χ3v) is 2.94. The SMILES string of the molecule is CN=C(NC)NC(=O)Nc1c(OC)c(OC)cc(OC)c1OC. The van der Waals surface area contributed by atoms with E-state index in [4.69, 9.17) is 18.9 Å². The number of benzene rings is 1. The van der Waals surface area contributed by atoms with Gasteiger partial charge in [-0.05, 0) is 0 Å². The smallest absolute Gasteiger partial charge is 0.326 e. The molecule has 1 rings (SSSR count). The summed E-state index contributed by atoms with van der Waals surface area (Å²) in [4.78, 5) is 16.0. The van der Waals surface area contributed by atoms with Crippen LogP contribution in [-0.4, -0.2) is 54.5 Å². The molecule has 0 bridgehead atoms. The lowest BCUT2D eigenvalue weighted by Crippen LogP contribution is -2.41. The molecule has 0 radical (unpaired) electrons. The Morgan fingerprint density at radius 1 is 1.00 bits per heavy atom. The molecule has 9 heteroatoms. The van der Waals surface area contributed by atoms with Gasteiger partial charge < -0.3 is 29.6 Å². The van der Waals surface area contributed by atoms with Crippen molar-refractivity contribution in [2.75, 3.05) is 47.9 Å². The number of carbonyl (C=O) groups excluding carboxylic acids is 1. The Kier molecular flexibility index (Phi) is 6.78. The highest BCUT2D eigenvalue weighted by molar-refractivity contribution is 6.04. The Morgan fingerprint density at radius 2 is 1.52 bits per heavy atom. The van der Waals surface area contributed by atoms with E-state index in [1.54, 1.807) is 20.2 Å². The molecule has 0 aromatic heterocycles. The lowest BCUT2D eigenvalue weighted by Gasteiger charge is -2.19. The second-order valence-electron chi connectivity index (χ2n) is 4.12. The van der Waals surface area contributed by atoms with Crippen LogP contribution >= 0.6 is 0 Å². The van der Waals surface area contributed by atoms with Gasteiger partial charge in [-0.1, -0.05) is 0 Å². The molecule has 0 aliphatic carbocycles. The van der Waals surface area contributed by atoms with Crippen molar-refractivity contribution in [3.63, 3.8) is 0 Å². The third-order valence-electron chi connectivity index (χ3n) is 2.94. The fourth-order valence-electron chi connectivity index (χ4n) is 1.90. The van der Waals surface area contributed by atoms with E-state index in [0.29, 0.717) is 29.0 Å². The Morgan fingerprint density at radius 3 is 1.87 bits per heavy atom. The first-order chi connectivity index (χ1) is 11.1. The minimum Gasteiger partial charge on any atom is -0.493 e. The number of ether oxygens (including phenoxy) is 4. The summed E-state index contributed by atoms with van der Waals surface area (Å²) in [5, 5.41) is 7.92. The summed E-state index contributed by atoms with van der Waals surface area (Å²) in [7, 11) is 9.06. The van der Waals surface area contributed by atoms with Gasteiger partial charge in [0.1, 0.15) is 5.69 Å². The normalized spacial score (nSPS) is 10.6. The second kappa shape index (κ2) is 8.57. The number of methoxy groups -OCH3 is 4. The van der Waals surface area contributed by atoms with E-state index < -0.39 is 6.03 Å². The Hall–Kier alpha value is -2.84. The van der Waals surface area contributed by atoms with Crippen LogP contribution in [0.2, 0.25) is 0 Å². The first kappa shape index (κ1) is 18.2. The molecule has 0 saturated carbocycles. The maximum atomic E-state index is 12.1. The van der Waals surface area contributed by atoms with Crippen molar-refractivity contribution in [3.8, 4) is 23.0 Å². The number of nitrogens with zero attached hydrogens (tertiary/aromatic N) is 1. The zero-order valence-electron chi connectivity index (χ0n) is 14.1. The van der Waals surface area contributed by atoms with Crippen LogP contribution in [0.5, 0.6) is 23.0 Å². The third kappa shape index (κ3) is 4.09. The van der Waals surface area contributed by atoms with Gasteiger partial charge >= 0.3 is 6.03 Å². The molecule has 9 nitrogen and oxygen atoms in total. The van der Waals surface area contributed by atoms with Crippen molar-refractivity contribution in [2.45, 2.75) is 0 Å². The Bertz CT molecular complexity index is 559. The maximum absolute atomic E-state index is 12.1. The number of aliphatic imine (C=N–C) groups is 1. The number of carbonyl (C=O) groups is 1. The van der Waals surface area contributed by atoms with Crippen LogP contribution in [0.4, 0.5) is 10.5 Å². The molecule has 0 saturated heterocycles. The van der Waals surface area contributed by atoms with E-state index >= 15 is 0 Å². The van der Waals surface area contributed by atoms with Gasteiger partial charge in [0.05, 0.1) is 28.4 Å². The molecule has 23 heavy (non-hydrogen) atoms. The molecule has 2 amide bonds. The van der Waals surface area contributed by atoms with Crippen LogP contribution in [0.1, 0.15) is 0 Å². The van der Waals surface area contributed by atoms with Crippen LogP contribution in [0.25, 0.3) is 0 Å². The zero-order chi connectivity index (χ0) is 17.4. The summed E-state index contributed by atoms with van der Waals surface area (Å²) in [5.41, 5.74) is 0.273. The first-order valence-corrected chi connectivity index (χ1v) is 6.65. The van der Waals surface area contributed by atoms with Crippen molar-refractivity contribution < 1.29 is 23.7 Å². The van der Waals surface area contributed by atoms with Gasteiger partial charge in [0.2, 0.25) is 0 Å². The fraction of sp³-hybridized carbons (Fsp3) is 0.429. The monoisotopic (exact) mass is 326 g/mol. The topological polar surface area (TPSA) is 102 Å². The molecule has 0 heterocycles. The first-order valence-electron chi connectivity index (χ1n) is 6.65. The predicted molar refractivity (Wildman–Crippen MR) is 87.2 cm³/mol. The number of hydrogen-bond donors (Lipinski definition) is 3. The lowest BCUT2D eigenvalue weighted by atomic mass is 10.2. The molecular formula is C14H22N4O5. The molecule has 0 aliphatic heterocycles. The van der Waals surface area contributed by atoms with Gasteiger partial charge in [0, 0.05) is 20.2 Å². The summed E-state index contributed by atoms with van der Waals surface area (Å²) < 4.78 is 21.1. The van der Waals surface area contributed by atoms with Crippen LogP contribution < -0.4 is 34.9 Å². The molecule has 1 aromatic carbocycles. The van der Waals surface area contributed by atoms with Crippen molar-refractivity contribution >= 4 is 17.7 Å². The van der Waals surface area contributed by atoms with Crippen molar-refractivity contribution in [3.05, 3.63) is 6.07 Å². The molecule has 1 aromatic rings. The largest absolute Gasteiger partial charge is 0.493 e. The van der Waals surface area contributed by atoms with Gasteiger partial charge in [0.15, 0.2) is 29.0 Å². The lowest BCUT2D eigenvalue weighted by molar-refractivity contribution is 0.255. The fourth-order valence-corrected chi connectivity index (χ4v) is 1.90. The van der Waals surface area contributed by atoms with Crippen molar-refractivity contribution in [2.24, 2.45) is 4.99 Å². The number of urea groups is 1. The minimum absolute atomic E-state index is 0.273. The standard InChI is InChI=1S/C14H22N4O5/c1-15-13(16-2)18-14(19)17-10-11(22-5)8(20-3)7-9(21-4)12(10)23-6/h7H,1-6H3,(H3,15,16,17,18,19). The molecule has 0 atom stereocenters. The highest BCUT2D eigenvalue weighted by Gasteiger charge is 2.23.